The summed E-state index contributed by atoms with van der Waals surface area (Å²) in [6, 6.07) is -0.333. The molecule has 0 aromatic carbocycles. The second-order valence-corrected chi connectivity index (χ2v) is 4.79. The number of hydrogen-bond donors (Lipinski definition) is 2. The molecule has 0 bridgehead atoms. The molecule has 1 fully saturated rings. The van der Waals surface area contributed by atoms with Crippen LogP contribution >= 0.6 is 0 Å². The van der Waals surface area contributed by atoms with Crippen LogP contribution in [0.15, 0.2) is 0 Å². The van der Waals surface area contributed by atoms with Crippen LogP contribution in [0, 0.1) is 0 Å². The topological polar surface area (TPSA) is 67.8 Å². The Hall–Kier alpha value is -0.650. The summed E-state index contributed by atoms with van der Waals surface area (Å²) >= 11 is 0. The van der Waals surface area contributed by atoms with Crippen molar-refractivity contribution in [1.29, 1.82) is 0 Å². The SMILES string of the molecule is CCCC(NC1(CO)CCOCC1)C(=O)OCC. The van der Waals surface area contributed by atoms with Crippen molar-refractivity contribution in [3.05, 3.63) is 0 Å². The van der Waals surface area contributed by atoms with Crippen LogP contribution in [0.3, 0.4) is 0 Å². The van der Waals surface area contributed by atoms with E-state index >= 15 is 0 Å². The van der Waals surface area contributed by atoms with Crippen LogP contribution < -0.4 is 5.32 Å². The summed E-state index contributed by atoms with van der Waals surface area (Å²) in [7, 11) is 0. The van der Waals surface area contributed by atoms with Crippen molar-refractivity contribution in [2.75, 3.05) is 26.4 Å². The van der Waals surface area contributed by atoms with Crippen molar-refractivity contribution < 1.29 is 19.4 Å². The molecule has 0 aliphatic carbocycles. The Morgan fingerprint density at radius 3 is 2.61 bits per heavy atom. The number of aliphatic hydroxyl groups is 1. The first-order chi connectivity index (χ1) is 8.67. The Bertz CT molecular complexity index is 251. The molecule has 2 N–H and O–H groups in total. The highest BCUT2D eigenvalue weighted by Gasteiger charge is 2.36. The van der Waals surface area contributed by atoms with E-state index < -0.39 is 5.54 Å². The summed E-state index contributed by atoms with van der Waals surface area (Å²) in [4.78, 5) is 11.9. The van der Waals surface area contributed by atoms with Gasteiger partial charge in [0.2, 0.25) is 0 Å². The zero-order chi connectivity index (χ0) is 13.4. The minimum Gasteiger partial charge on any atom is -0.465 e. The fraction of sp³-hybridized carbons (Fsp3) is 0.923. The third-order valence-electron chi connectivity index (χ3n) is 3.38. The molecular formula is C13H25NO4. The molecule has 1 atom stereocenters. The van der Waals surface area contributed by atoms with Gasteiger partial charge >= 0.3 is 5.97 Å². The fourth-order valence-corrected chi connectivity index (χ4v) is 2.26. The van der Waals surface area contributed by atoms with E-state index in [9.17, 15) is 9.90 Å². The minimum atomic E-state index is -0.398. The van der Waals surface area contributed by atoms with Gasteiger partial charge in [0.05, 0.1) is 13.2 Å². The van der Waals surface area contributed by atoms with E-state index in [0.29, 0.717) is 19.8 Å². The second kappa shape index (κ2) is 7.71. The Labute approximate surface area is 109 Å². The van der Waals surface area contributed by atoms with Crippen LogP contribution in [-0.4, -0.2) is 49.1 Å². The third-order valence-corrected chi connectivity index (χ3v) is 3.38. The Kier molecular flexibility index (Phi) is 6.60. The highest BCUT2D eigenvalue weighted by molar-refractivity contribution is 5.75. The first-order valence-electron chi connectivity index (χ1n) is 6.80. The van der Waals surface area contributed by atoms with Crippen LogP contribution in [0.1, 0.15) is 39.5 Å². The number of carbonyl (C=O) groups excluding carboxylic acids is 1. The summed E-state index contributed by atoms with van der Waals surface area (Å²) in [6.07, 6.45) is 3.07. The summed E-state index contributed by atoms with van der Waals surface area (Å²) < 4.78 is 10.4. The summed E-state index contributed by atoms with van der Waals surface area (Å²) in [5.74, 6) is -0.223. The average Bonchev–Trinajstić information content (AvgIpc) is 2.39. The van der Waals surface area contributed by atoms with Gasteiger partial charge in [0.25, 0.3) is 0 Å². The number of nitrogens with one attached hydrogen (secondary N) is 1. The molecule has 1 aliphatic heterocycles. The van der Waals surface area contributed by atoms with Crippen LogP contribution in [0.25, 0.3) is 0 Å². The number of hydrogen-bond acceptors (Lipinski definition) is 5. The first-order valence-corrected chi connectivity index (χ1v) is 6.80. The molecule has 1 saturated heterocycles. The van der Waals surface area contributed by atoms with Crippen LogP contribution in [0.4, 0.5) is 0 Å². The fourth-order valence-electron chi connectivity index (χ4n) is 2.26. The van der Waals surface area contributed by atoms with E-state index in [4.69, 9.17) is 9.47 Å². The molecule has 0 aromatic heterocycles. The Morgan fingerprint density at radius 1 is 1.44 bits per heavy atom. The van der Waals surface area contributed by atoms with E-state index in [2.05, 4.69) is 5.32 Å². The van der Waals surface area contributed by atoms with Crippen molar-refractivity contribution >= 4 is 5.97 Å². The Balaban J connectivity index is 2.64. The molecule has 0 amide bonds. The average molecular weight is 259 g/mol. The van der Waals surface area contributed by atoms with Gasteiger partial charge in [0, 0.05) is 18.8 Å². The maximum Gasteiger partial charge on any atom is 0.323 e. The highest BCUT2D eigenvalue weighted by Crippen LogP contribution is 2.22. The van der Waals surface area contributed by atoms with E-state index in [1.807, 2.05) is 6.92 Å². The maximum atomic E-state index is 11.9. The molecule has 0 aromatic rings. The molecule has 0 spiro atoms. The molecular weight excluding hydrogens is 234 g/mol. The van der Waals surface area contributed by atoms with Gasteiger partial charge in [-0.2, -0.15) is 0 Å². The van der Waals surface area contributed by atoms with Gasteiger partial charge in [-0.05, 0) is 26.2 Å². The molecule has 5 heteroatoms. The van der Waals surface area contributed by atoms with Gasteiger partial charge in [-0.15, -0.1) is 0 Å². The van der Waals surface area contributed by atoms with E-state index in [1.165, 1.54) is 0 Å². The van der Waals surface area contributed by atoms with Crippen LogP contribution in [-0.2, 0) is 14.3 Å². The van der Waals surface area contributed by atoms with Gasteiger partial charge < -0.3 is 14.6 Å². The lowest BCUT2D eigenvalue weighted by Crippen LogP contribution is -2.58. The van der Waals surface area contributed by atoms with Crippen molar-refractivity contribution in [3.63, 3.8) is 0 Å². The number of esters is 1. The molecule has 0 saturated carbocycles. The van der Waals surface area contributed by atoms with Gasteiger partial charge in [0.1, 0.15) is 6.04 Å². The monoisotopic (exact) mass is 259 g/mol. The van der Waals surface area contributed by atoms with Crippen LogP contribution in [0.2, 0.25) is 0 Å². The van der Waals surface area contributed by atoms with Crippen LogP contribution in [0.5, 0.6) is 0 Å². The standard InChI is InChI=1S/C13H25NO4/c1-3-5-11(12(16)18-4-2)14-13(10-15)6-8-17-9-7-13/h11,14-15H,3-10H2,1-2H3. The number of rotatable bonds is 7. The number of aliphatic hydroxyl groups excluding tert-OH is 1. The third kappa shape index (κ3) is 4.23. The summed E-state index contributed by atoms with van der Waals surface area (Å²) in [6.45, 7) is 5.48. The van der Waals surface area contributed by atoms with Gasteiger partial charge in [-0.3, -0.25) is 10.1 Å². The lowest BCUT2D eigenvalue weighted by atomic mass is 9.89. The molecule has 1 rings (SSSR count). The molecule has 0 radical (unpaired) electrons. The lowest BCUT2D eigenvalue weighted by Gasteiger charge is -2.39. The lowest BCUT2D eigenvalue weighted by molar-refractivity contribution is -0.147. The maximum absolute atomic E-state index is 11.9. The summed E-state index contributed by atoms with van der Waals surface area (Å²) in [5.41, 5.74) is -0.398. The largest absolute Gasteiger partial charge is 0.465 e. The quantitative estimate of drug-likeness (QED) is 0.663. The van der Waals surface area contributed by atoms with Crippen molar-refractivity contribution in [1.82, 2.24) is 5.32 Å². The van der Waals surface area contributed by atoms with Gasteiger partial charge in [-0.25, -0.2) is 0 Å². The summed E-state index contributed by atoms with van der Waals surface area (Å²) in [5, 5.41) is 12.9. The second-order valence-electron chi connectivity index (χ2n) is 4.79. The van der Waals surface area contributed by atoms with E-state index in [-0.39, 0.29) is 18.6 Å². The molecule has 1 aliphatic rings. The predicted molar refractivity (Wildman–Crippen MR) is 68.3 cm³/mol. The van der Waals surface area contributed by atoms with Crippen molar-refractivity contribution in [3.8, 4) is 0 Å². The van der Waals surface area contributed by atoms with E-state index in [1.54, 1.807) is 6.92 Å². The minimum absolute atomic E-state index is 0.0238. The zero-order valence-corrected chi connectivity index (χ0v) is 11.4. The van der Waals surface area contributed by atoms with Gasteiger partial charge in [0.15, 0.2) is 0 Å². The normalized spacial score (nSPS) is 20.4. The molecule has 5 nitrogen and oxygen atoms in total. The number of ether oxygens (including phenoxy) is 2. The van der Waals surface area contributed by atoms with Gasteiger partial charge in [-0.1, -0.05) is 13.3 Å². The molecule has 18 heavy (non-hydrogen) atoms. The van der Waals surface area contributed by atoms with Crippen molar-refractivity contribution in [2.24, 2.45) is 0 Å². The molecule has 106 valence electrons. The van der Waals surface area contributed by atoms with Crippen molar-refractivity contribution in [2.45, 2.75) is 51.1 Å². The zero-order valence-electron chi connectivity index (χ0n) is 11.4. The van der Waals surface area contributed by atoms with E-state index in [0.717, 1.165) is 25.7 Å². The smallest absolute Gasteiger partial charge is 0.323 e. The molecule has 1 heterocycles. The number of carbonyl (C=O) groups is 1. The molecule has 1 unspecified atom stereocenters. The first kappa shape index (κ1) is 15.4. The highest BCUT2D eigenvalue weighted by atomic mass is 16.5. The predicted octanol–water partition coefficient (Wildman–Crippen LogP) is 0.849. The Morgan fingerprint density at radius 2 is 2.11 bits per heavy atom.